The average molecular weight is 314 g/mol. The lowest BCUT2D eigenvalue weighted by atomic mass is 10.3. The van der Waals surface area contributed by atoms with Gasteiger partial charge in [0.25, 0.3) is 0 Å². The lowest BCUT2D eigenvalue weighted by Gasteiger charge is -2.16. The summed E-state index contributed by atoms with van der Waals surface area (Å²) in [6.45, 7) is 0. The molecule has 6 heteroatoms. The summed E-state index contributed by atoms with van der Waals surface area (Å²) in [4.78, 5) is 0. The van der Waals surface area contributed by atoms with E-state index in [9.17, 15) is 0 Å². The first kappa shape index (κ1) is 15.4. The molecule has 0 unspecified atom stereocenters. The first-order valence-corrected chi connectivity index (χ1v) is 7.34. The molecule has 118 valence electrons. The topological polar surface area (TPSA) is 77.6 Å². The van der Waals surface area contributed by atoms with Crippen molar-refractivity contribution in [2.24, 2.45) is 20.7 Å². The Morgan fingerprint density at radius 1 is 0.458 bits per heavy atom. The molecule has 0 aromatic heterocycles. The van der Waals surface area contributed by atoms with Gasteiger partial charge in [-0.05, 0) is 22.7 Å². The third kappa shape index (κ3) is 4.48. The molecule has 0 radical (unpaired) electrons. The standard InChI is InChI=1S/C18H14N6/c1-3-9-15(10-4-1)19-23-21-17-13-7-8-14-18(17)22-24-20-16-11-5-2-6-12-16/h1-14H/q-2. The summed E-state index contributed by atoms with van der Waals surface area (Å²) in [7, 11) is 0. The second-order valence-corrected chi connectivity index (χ2v) is 4.74. The van der Waals surface area contributed by atoms with Gasteiger partial charge >= 0.3 is 0 Å². The van der Waals surface area contributed by atoms with Crippen molar-refractivity contribution in [3.05, 3.63) is 95.8 Å². The first-order valence-electron chi connectivity index (χ1n) is 7.34. The van der Waals surface area contributed by atoms with E-state index in [1.807, 2.05) is 72.8 Å². The third-order valence-electron chi connectivity index (χ3n) is 3.02. The van der Waals surface area contributed by atoms with Gasteiger partial charge < -0.3 is 21.1 Å². The van der Waals surface area contributed by atoms with Gasteiger partial charge in [-0.15, -0.1) is 0 Å². The molecule has 24 heavy (non-hydrogen) atoms. The molecule has 3 aromatic carbocycles. The maximum Gasteiger partial charge on any atom is -0.0209 e. The van der Waals surface area contributed by atoms with Crippen LogP contribution in [0.4, 0.5) is 22.7 Å². The number of benzene rings is 3. The van der Waals surface area contributed by atoms with Gasteiger partial charge in [0.05, 0.1) is 0 Å². The van der Waals surface area contributed by atoms with E-state index in [2.05, 4.69) is 31.5 Å². The molecule has 0 atom stereocenters. The summed E-state index contributed by atoms with van der Waals surface area (Å²) < 4.78 is 0. The Morgan fingerprint density at radius 2 is 0.833 bits per heavy atom. The van der Waals surface area contributed by atoms with Gasteiger partial charge in [0.1, 0.15) is 0 Å². The maximum absolute atomic E-state index is 4.09. The molecule has 0 spiro atoms. The molecule has 3 aromatic rings. The van der Waals surface area contributed by atoms with E-state index in [0.29, 0.717) is 11.4 Å². The van der Waals surface area contributed by atoms with Crippen LogP contribution in [0, 0.1) is 0 Å². The third-order valence-corrected chi connectivity index (χ3v) is 3.02. The highest BCUT2D eigenvalue weighted by molar-refractivity contribution is 5.72. The predicted molar refractivity (Wildman–Crippen MR) is 94.4 cm³/mol. The molecular formula is C18H14N6-2. The molecule has 0 aliphatic rings. The van der Waals surface area contributed by atoms with Crippen LogP contribution in [0.25, 0.3) is 10.9 Å². The molecule has 0 amide bonds. The number of hydrogen-bond donors (Lipinski definition) is 0. The van der Waals surface area contributed by atoms with Crippen molar-refractivity contribution in [1.82, 2.24) is 0 Å². The van der Waals surface area contributed by atoms with Gasteiger partial charge in [-0.25, -0.2) is 0 Å². The van der Waals surface area contributed by atoms with Crippen molar-refractivity contribution >= 4 is 22.7 Å². The second kappa shape index (κ2) is 8.19. The highest BCUT2D eigenvalue weighted by Crippen LogP contribution is 2.35. The SMILES string of the molecule is c1ccc(N=N[N-]c2ccccc2[N-]N=Nc2ccccc2)cc1. The van der Waals surface area contributed by atoms with Gasteiger partial charge in [-0.3, -0.25) is 10.4 Å². The number of rotatable bonds is 6. The minimum Gasteiger partial charge on any atom is -0.350 e. The summed E-state index contributed by atoms with van der Waals surface area (Å²) in [5.41, 5.74) is 10.8. The lowest BCUT2D eigenvalue weighted by molar-refractivity contribution is 1.17. The molecule has 6 nitrogen and oxygen atoms in total. The van der Waals surface area contributed by atoms with Crippen LogP contribution < -0.4 is 0 Å². The zero-order valence-electron chi connectivity index (χ0n) is 12.8. The molecule has 0 aliphatic carbocycles. The Kier molecular flexibility index (Phi) is 5.24. The highest BCUT2D eigenvalue weighted by Gasteiger charge is 1.90. The van der Waals surface area contributed by atoms with Gasteiger partial charge in [-0.1, -0.05) is 84.9 Å². The van der Waals surface area contributed by atoms with Gasteiger partial charge in [0.15, 0.2) is 0 Å². The fraction of sp³-hybridized carbons (Fsp3) is 0. The molecule has 0 aliphatic heterocycles. The average Bonchev–Trinajstić information content (AvgIpc) is 2.65. The molecule has 0 heterocycles. The van der Waals surface area contributed by atoms with E-state index in [1.165, 1.54) is 0 Å². The van der Waals surface area contributed by atoms with E-state index in [0.717, 1.165) is 11.4 Å². The van der Waals surface area contributed by atoms with Crippen LogP contribution in [0.15, 0.2) is 106 Å². The number of nitrogens with zero attached hydrogens (tertiary/aromatic N) is 6. The van der Waals surface area contributed by atoms with Crippen LogP contribution >= 0.6 is 0 Å². The Hall–Kier alpha value is -3.54. The molecule has 0 saturated heterocycles. The van der Waals surface area contributed by atoms with Crippen LogP contribution in [0.5, 0.6) is 0 Å². The predicted octanol–water partition coefficient (Wildman–Crippen LogP) is 7.09. The van der Waals surface area contributed by atoms with Crippen LogP contribution in [-0.4, -0.2) is 0 Å². The van der Waals surface area contributed by atoms with E-state index >= 15 is 0 Å². The zero-order valence-corrected chi connectivity index (χ0v) is 12.8. The highest BCUT2D eigenvalue weighted by atomic mass is 15.4. The fourth-order valence-corrected chi connectivity index (χ4v) is 1.87. The smallest absolute Gasteiger partial charge is 0.0209 e. The molecule has 0 N–H and O–H groups in total. The van der Waals surface area contributed by atoms with Gasteiger partial charge in [0.2, 0.25) is 0 Å². The lowest BCUT2D eigenvalue weighted by Crippen LogP contribution is -1.70. The molecule has 0 saturated carbocycles. The van der Waals surface area contributed by atoms with Crippen LogP contribution in [0.1, 0.15) is 0 Å². The maximum atomic E-state index is 4.09. The van der Waals surface area contributed by atoms with E-state index in [-0.39, 0.29) is 0 Å². The Bertz CT molecular complexity index is 745. The fourth-order valence-electron chi connectivity index (χ4n) is 1.87. The summed E-state index contributed by atoms with van der Waals surface area (Å²) >= 11 is 0. The molecule has 0 bridgehead atoms. The summed E-state index contributed by atoms with van der Waals surface area (Å²) in [6, 6.07) is 26.1. The largest absolute Gasteiger partial charge is 0.350 e. The van der Waals surface area contributed by atoms with Crippen molar-refractivity contribution in [3.8, 4) is 0 Å². The Balaban J connectivity index is 1.65. The minimum atomic E-state index is 0.573. The molecule has 3 rings (SSSR count). The zero-order chi connectivity index (χ0) is 16.5. The van der Waals surface area contributed by atoms with Crippen LogP contribution in [0.2, 0.25) is 0 Å². The van der Waals surface area contributed by atoms with Crippen molar-refractivity contribution in [2.45, 2.75) is 0 Å². The van der Waals surface area contributed by atoms with Crippen molar-refractivity contribution in [1.29, 1.82) is 0 Å². The van der Waals surface area contributed by atoms with E-state index in [4.69, 9.17) is 0 Å². The normalized spacial score (nSPS) is 11.0. The van der Waals surface area contributed by atoms with Crippen LogP contribution in [-0.2, 0) is 0 Å². The second-order valence-electron chi connectivity index (χ2n) is 4.74. The number of hydrogen-bond acceptors (Lipinski definition) is 4. The monoisotopic (exact) mass is 314 g/mol. The van der Waals surface area contributed by atoms with E-state index < -0.39 is 0 Å². The molecule has 0 fully saturated rings. The van der Waals surface area contributed by atoms with Crippen LogP contribution in [0.3, 0.4) is 0 Å². The van der Waals surface area contributed by atoms with Crippen molar-refractivity contribution in [3.63, 3.8) is 0 Å². The summed E-state index contributed by atoms with van der Waals surface area (Å²) in [5.74, 6) is 0. The minimum absolute atomic E-state index is 0.573. The van der Waals surface area contributed by atoms with Crippen molar-refractivity contribution < 1.29 is 0 Å². The summed E-state index contributed by atoms with van der Waals surface area (Å²) in [6.07, 6.45) is 0. The Morgan fingerprint density at radius 3 is 1.25 bits per heavy atom. The van der Waals surface area contributed by atoms with Gasteiger partial charge in [-0.2, -0.15) is 0 Å². The van der Waals surface area contributed by atoms with Crippen molar-refractivity contribution in [2.75, 3.05) is 0 Å². The van der Waals surface area contributed by atoms with E-state index in [1.54, 1.807) is 12.1 Å². The first-order chi connectivity index (χ1) is 11.9. The van der Waals surface area contributed by atoms with Gasteiger partial charge in [0, 0.05) is 0 Å². The quantitative estimate of drug-likeness (QED) is 0.344. The molecular weight excluding hydrogens is 300 g/mol. The Labute approximate surface area is 139 Å². The summed E-state index contributed by atoms with van der Waals surface area (Å²) in [5, 5.41) is 15.8.